The van der Waals surface area contributed by atoms with Crippen molar-refractivity contribution in [2.24, 2.45) is 0 Å². The van der Waals surface area contributed by atoms with Gasteiger partial charge in [-0.15, -0.1) is 0 Å². The Morgan fingerprint density at radius 3 is 2.59 bits per heavy atom. The van der Waals surface area contributed by atoms with E-state index in [4.69, 9.17) is 4.74 Å². The van der Waals surface area contributed by atoms with Crippen LogP contribution in [-0.4, -0.2) is 21.3 Å². The van der Waals surface area contributed by atoms with Crippen LogP contribution in [0.3, 0.4) is 0 Å². The summed E-state index contributed by atoms with van der Waals surface area (Å²) in [6.07, 6.45) is 3.14. The molecule has 0 amide bonds. The molecule has 0 fully saturated rings. The molecule has 0 saturated heterocycles. The standard InChI is InChI=1S/C17H19NO3S/c1-22(19,20)18-17(13-6-3-2-4-7-13)15-9-10-16-14(12-15)8-5-11-21-16/h2-4,6-7,9-10,12,17-18H,5,8,11H2,1H3/t17-/m0/s1. The number of hydrogen-bond acceptors (Lipinski definition) is 3. The molecule has 1 heterocycles. The summed E-state index contributed by atoms with van der Waals surface area (Å²) < 4.78 is 31.8. The lowest BCUT2D eigenvalue weighted by Gasteiger charge is -2.22. The smallest absolute Gasteiger partial charge is 0.209 e. The topological polar surface area (TPSA) is 55.4 Å². The van der Waals surface area contributed by atoms with E-state index in [2.05, 4.69) is 4.72 Å². The van der Waals surface area contributed by atoms with E-state index in [-0.39, 0.29) is 6.04 Å². The molecule has 2 aromatic carbocycles. The predicted octanol–water partition coefficient (Wildman–Crippen LogP) is 2.65. The highest BCUT2D eigenvalue weighted by molar-refractivity contribution is 7.88. The molecule has 2 aromatic rings. The maximum absolute atomic E-state index is 11.7. The summed E-state index contributed by atoms with van der Waals surface area (Å²) in [6.45, 7) is 0.746. The van der Waals surface area contributed by atoms with Crippen molar-refractivity contribution in [1.82, 2.24) is 4.72 Å². The summed E-state index contributed by atoms with van der Waals surface area (Å²) in [6, 6.07) is 15.1. The maximum Gasteiger partial charge on any atom is 0.209 e. The zero-order valence-electron chi connectivity index (χ0n) is 12.5. The van der Waals surface area contributed by atoms with Crippen LogP contribution in [0.4, 0.5) is 0 Å². The molecule has 0 radical (unpaired) electrons. The van der Waals surface area contributed by atoms with Crippen LogP contribution in [0.1, 0.15) is 29.2 Å². The molecule has 1 aliphatic rings. The van der Waals surface area contributed by atoms with Gasteiger partial charge in [-0.1, -0.05) is 42.5 Å². The SMILES string of the molecule is CS(=O)(=O)N[C@@H](c1ccccc1)c1ccc2c(c1)CCCO2. The quantitative estimate of drug-likeness (QED) is 0.943. The van der Waals surface area contributed by atoms with E-state index in [1.807, 2.05) is 48.5 Å². The highest BCUT2D eigenvalue weighted by Crippen LogP contribution is 2.30. The first-order valence-corrected chi connectivity index (χ1v) is 9.20. The van der Waals surface area contributed by atoms with Crippen molar-refractivity contribution >= 4 is 10.0 Å². The fraction of sp³-hybridized carbons (Fsp3) is 0.294. The van der Waals surface area contributed by atoms with Crippen molar-refractivity contribution in [3.8, 4) is 5.75 Å². The van der Waals surface area contributed by atoms with Gasteiger partial charge in [0.2, 0.25) is 10.0 Å². The molecule has 5 heteroatoms. The molecule has 0 spiro atoms. The third-order valence-corrected chi connectivity index (χ3v) is 4.39. The van der Waals surface area contributed by atoms with E-state index in [0.717, 1.165) is 41.9 Å². The minimum atomic E-state index is -3.32. The summed E-state index contributed by atoms with van der Waals surface area (Å²) in [4.78, 5) is 0. The second kappa shape index (κ2) is 6.10. The number of sulfonamides is 1. The third kappa shape index (κ3) is 3.48. The van der Waals surface area contributed by atoms with E-state index in [0.29, 0.717) is 0 Å². The second-order valence-corrected chi connectivity index (χ2v) is 7.33. The largest absolute Gasteiger partial charge is 0.493 e. The van der Waals surface area contributed by atoms with Gasteiger partial charge in [-0.2, -0.15) is 0 Å². The van der Waals surface area contributed by atoms with E-state index < -0.39 is 10.0 Å². The zero-order valence-corrected chi connectivity index (χ0v) is 13.3. The van der Waals surface area contributed by atoms with E-state index in [1.165, 1.54) is 6.26 Å². The van der Waals surface area contributed by atoms with Crippen molar-refractivity contribution < 1.29 is 13.2 Å². The monoisotopic (exact) mass is 317 g/mol. The summed E-state index contributed by atoms with van der Waals surface area (Å²) >= 11 is 0. The average Bonchev–Trinajstić information content (AvgIpc) is 2.52. The molecule has 0 unspecified atom stereocenters. The molecular formula is C17H19NO3S. The molecule has 0 saturated carbocycles. The molecule has 22 heavy (non-hydrogen) atoms. The summed E-state index contributed by atoms with van der Waals surface area (Å²) in [5, 5.41) is 0. The lowest BCUT2D eigenvalue weighted by molar-refractivity contribution is 0.288. The van der Waals surface area contributed by atoms with Gasteiger partial charge >= 0.3 is 0 Å². The molecule has 3 rings (SSSR count). The number of hydrogen-bond donors (Lipinski definition) is 1. The van der Waals surface area contributed by atoms with Crippen LogP contribution in [-0.2, 0) is 16.4 Å². The Morgan fingerprint density at radius 2 is 1.86 bits per heavy atom. The molecule has 4 nitrogen and oxygen atoms in total. The van der Waals surface area contributed by atoms with Crippen LogP contribution in [0, 0.1) is 0 Å². The zero-order chi connectivity index (χ0) is 15.6. The van der Waals surface area contributed by atoms with Crippen LogP contribution in [0.25, 0.3) is 0 Å². The Hall–Kier alpha value is -1.85. The second-order valence-electron chi connectivity index (χ2n) is 5.55. The third-order valence-electron chi connectivity index (χ3n) is 3.73. The van der Waals surface area contributed by atoms with Crippen molar-refractivity contribution in [1.29, 1.82) is 0 Å². The van der Waals surface area contributed by atoms with Gasteiger partial charge in [0.05, 0.1) is 18.9 Å². The molecule has 0 bridgehead atoms. The first-order chi connectivity index (χ1) is 10.5. The molecule has 116 valence electrons. The van der Waals surface area contributed by atoms with Crippen LogP contribution < -0.4 is 9.46 Å². The Kier molecular flexibility index (Phi) is 4.18. The minimum absolute atomic E-state index is 0.386. The van der Waals surface area contributed by atoms with Crippen molar-refractivity contribution in [2.75, 3.05) is 12.9 Å². The molecular weight excluding hydrogens is 298 g/mol. The predicted molar refractivity (Wildman–Crippen MR) is 86.5 cm³/mol. The lowest BCUT2D eigenvalue weighted by atomic mass is 9.95. The normalized spacial score (nSPS) is 15.7. The Morgan fingerprint density at radius 1 is 1.09 bits per heavy atom. The van der Waals surface area contributed by atoms with Gasteiger partial charge in [0.1, 0.15) is 5.75 Å². The number of aryl methyl sites for hydroxylation is 1. The lowest BCUT2D eigenvalue weighted by Crippen LogP contribution is -2.28. The highest BCUT2D eigenvalue weighted by Gasteiger charge is 2.20. The molecule has 0 aromatic heterocycles. The minimum Gasteiger partial charge on any atom is -0.493 e. The van der Waals surface area contributed by atoms with Gasteiger partial charge in [0, 0.05) is 0 Å². The van der Waals surface area contributed by atoms with Crippen LogP contribution in [0.15, 0.2) is 48.5 Å². The molecule has 1 atom stereocenters. The van der Waals surface area contributed by atoms with Gasteiger partial charge in [-0.05, 0) is 35.6 Å². The van der Waals surface area contributed by atoms with E-state index in [9.17, 15) is 8.42 Å². The van der Waals surface area contributed by atoms with Crippen LogP contribution in [0.5, 0.6) is 5.75 Å². The van der Waals surface area contributed by atoms with E-state index >= 15 is 0 Å². The van der Waals surface area contributed by atoms with Crippen LogP contribution in [0.2, 0.25) is 0 Å². The van der Waals surface area contributed by atoms with Gasteiger partial charge in [0.15, 0.2) is 0 Å². The number of ether oxygens (including phenoxy) is 1. The number of nitrogens with one attached hydrogen (secondary N) is 1. The fourth-order valence-corrected chi connectivity index (χ4v) is 3.45. The van der Waals surface area contributed by atoms with E-state index in [1.54, 1.807) is 0 Å². The molecule has 1 N–H and O–H groups in total. The maximum atomic E-state index is 11.7. The average molecular weight is 317 g/mol. The van der Waals surface area contributed by atoms with Gasteiger partial charge in [-0.25, -0.2) is 13.1 Å². The Labute approximate surface area is 131 Å². The van der Waals surface area contributed by atoms with Crippen molar-refractivity contribution in [2.45, 2.75) is 18.9 Å². The Bertz CT molecular complexity index is 757. The first kappa shape index (κ1) is 15.1. The summed E-state index contributed by atoms with van der Waals surface area (Å²) in [5.74, 6) is 0.904. The van der Waals surface area contributed by atoms with Gasteiger partial charge < -0.3 is 4.74 Å². The summed E-state index contributed by atoms with van der Waals surface area (Å²) in [7, 11) is -3.32. The van der Waals surface area contributed by atoms with Gasteiger partial charge in [0.25, 0.3) is 0 Å². The fourth-order valence-electron chi connectivity index (χ4n) is 2.75. The number of rotatable bonds is 4. The first-order valence-electron chi connectivity index (χ1n) is 7.31. The van der Waals surface area contributed by atoms with Crippen LogP contribution >= 0.6 is 0 Å². The summed E-state index contributed by atoms with van der Waals surface area (Å²) in [5.41, 5.74) is 2.99. The Balaban J connectivity index is 2.02. The molecule has 1 aliphatic heterocycles. The van der Waals surface area contributed by atoms with Gasteiger partial charge in [-0.3, -0.25) is 0 Å². The number of benzene rings is 2. The van der Waals surface area contributed by atoms with Crippen molar-refractivity contribution in [3.63, 3.8) is 0 Å². The highest BCUT2D eigenvalue weighted by atomic mass is 32.2. The van der Waals surface area contributed by atoms with Crippen molar-refractivity contribution in [3.05, 3.63) is 65.2 Å². The number of fused-ring (bicyclic) bond motifs is 1. The molecule has 0 aliphatic carbocycles.